The third-order valence-electron chi connectivity index (χ3n) is 6.18. The van der Waals surface area contributed by atoms with E-state index in [2.05, 4.69) is 0 Å². The number of ether oxygens (including phenoxy) is 4. The van der Waals surface area contributed by atoms with Crippen LogP contribution < -0.4 is 14.2 Å². The molecule has 0 bridgehead atoms. The molecule has 0 unspecified atom stereocenters. The van der Waals surface area contributed by atoms with Gasteiger partial charge in [-0.15, -0.1) is 0 Å². The summed E-state index contributed by atoms with van der Waals surface area (Å²) in [5.74, 6) is -0.264. The van der Waals surface area contributed by atoms with Crippen LogP contribution >= 0.6 is 0 Å². The van der Waals surface area contributed by atoms with Crippen LogP contribution in [0, 0.1) is 0 Å². The second kappa shape index (κ2) is 11.6. The number of nitrogens with zero attached hydrogens (tertiary/aromatic N) is 1. The molecule has 1 aliphatic rings. The number of amides is 1. The van der Waals surface area contributed by atoms with Crippen molar-refractivity contribution < 1.29 is 33.6 Å². The lowest BCUT2D eigenvalue weighted by Gasteiger charge is -2.25. The summed E-state index contributed by atoms with van der Waals surface area (Å²) >= 11 is 0. The molecule has 0 spiro atoms. The highest BCUT2D eigenvalue weighted by Crippen LogP contribution is 2.41. The van der Waals surface area contributed by atoms with E-state index in [1.54, 1.807) is 42.5 Å². The Morgan fingerprint density at radius 3 is 2.24 bits per heavy atom. The Balaban J connectivity index is 1.70. The molecular weight excluding hydrogens is 474 g/mol. The summed E-state index contributed by atoms with van der Waals surface area (Å²) in [4.78, 5) is 27.6. The molecule has 1 amide bonds. The van der Waals surface area contributed by atoms with Crippen LogP contribution in [0.3, 0.4) is 0 Å². The number of aliphatic hydroxyl groups excluding tert-OH is 1. The molecule has 37 heavy (non-hydrogen) atoms. The van der Waals surface area contributed by atoms with E-state index in [4.69, 9.17) is 18.9 Å². The normalized spacial score (nSPS) is 16.6. The number of ketones is 1. The van der Waals surface area contributed by atoms with Crippen LogP contribution in [-0.2, 0) is 20.9 Å². The molecule has 1 N–H and O–H groups in total. The van der Waals surface area contributed by atoms with Crippen molar-refractivity contribution in [2.75, 3.05) is 34.5 Å². The molecule has 8 heteroatoms. The third-order valence-corrected chi connectivity index (χ3v) is 6.18. The number of Topliss-reactive ketones (excluding diaryl/α,β-unsaturated/α-hetero) is 1. The first-order chi connectivity index (χ1) is 18.0. The Bertz CT molecular complexity index is 1290. The van der Waals surface area contributed by atoms with Gasteiger partial charge in [-0.25, -0.2) is 0 Å². The van der Waals surface area contributed by atoms with E-state index in [1.165, 1.54) is 26.2 Å². The molecular formula is C29H29NO7. The van der Waals surface area contributed by atoms with Gasteiger partial charge in [-0.05, 0) is 41.5 Å². The molecule has 1 heterocycles. The van der Waals surface area contributed by atoms with Crippen LogP contribution in [0.15, 0.2) is 78.4 Å². The predicted molar refractivity (Wildman–Crippen MR) is 138 cm³/mol. The highest BCUT2D eigenvalue weighted by Gasteiger charge is 2.45. The van der Waals surface area contributed by atoms with E-state index in [9.17, 15) is 14.7 Å². The first-order valence-corrected chi connectivity index (χ1v) is 11.7. The second-order valence-corrected chi connectivity index (χ2v) is 8.40. The lowest BCUT2D eigenvalue weighted by Crippen LogP contribution is -2.32. The molecule has 8 nitrogen and oxygen atoms in total. The van der Waals surface area contributed by atoms with Gasteiger partial charge >= 0.3 is 0 Å². The van der Waals surface area contributed by atoms with Crippen LogP contribution in [0.25, 0.3) is 5.76 Å². The van der Waals surface area contributed by atoms with Gasteiger partial charge in [0.15, 0.2) is 11.5 Å². The number of hydrogen-bond acceptors (Lipinski definition) is 7. The van der Waals surface area contributed by atoms with Crippen LogP contribution in [-0.4, -0.2) is 56.2 Å². The van der Waals surface area contributed by atoms with Crippen molar-refractivity contribution >= 4 is 17.4 Å². The highest BCUT2D eigenvalue weighted by molar-refractivity contribution is 6.46. The fraction of sp³-hybridized carbons (Fsp3) is 0.241. The van der Waals surface area contributed by atoms with E-state index >= 15 is 0 Å². The van der Waals surface area contributed by atoms with Gasteiger partial charge in [0.05, 0.1) is 32.4 Å². The topological polar surface area (TPSA) is 94.5 Å². The van der Waals surface area contributed by atoms with Gasteiger partial charge in [0.25, 0.3) is 11.7 Å². The number of methoxy groups -OCH3 is 3. The molecule has 1 fully saturated rings. The summed E-state index contributed by atoms with van der Waals surface area (Å²) in [7, 11) is 4.51. The number of aliphatic hydroxyl groups is 1. The Hall–Kier alpha value is -4.30. The molecule has 3 aromatic rings. The first-order valence-electron chi connectivity index (χ1n) is 11.7. The average Bonchev–Trinajstić information content (AvgIpc) is 3.19. The zero-order valence-corrected chi connectivity index (χ0v) is 21.0. The summed E-state index contributed by atoms with van der Waals surface area (Å²) in [5, 5.41) is 11.3. The molecule has 1 saturated heterocycles. The quantitative estimate of drug-likeness (QED) is 0.250. The van der Waals surface area contributed by atoms with Crippen LogP contribution in [0.4, 0.5) is 0 Å². The van der Waals surface area contributed by atoms with Crippen molar-refractivity contribution in [2.45, 2.75) is 12.6 Å². The molecule has 0 saturated carbocycles. The van der Waals surface area contributed by atoms with E-state index in [1.807, 2.05) is 30.3 Å². The van der Waals surface area contributed by atoms with Gasteiger partial charge in [-0.2, -0.15) is 0 Å². The van der Waals surface area contributed by atoms with Gasteiger partial charge in [0.1, 0.15) is 18.1 Å². The maximum atomic E-state index is 13.2. The standard InChI is InChI=1S/C29H29NO7/c1-34-16-15-30-26(20-9-12-22(13-10-20)37-18-19-7-5-4-6-8-19)25(28(32)29(30)33)27(31)21-11-14-23(35-2)24(17-21)36-3/h4-14,17,26,31H,15-16,18H2,1-3H3/t26-/m1/s1. The lowest BCUT2D eigenvalue weighted by molar-refractivity contribution is -0.140. The number of carbonyl (C=O) groups is 2. The SMILES string of the molecule is COCCN1C(=O)C(=O)C(=C(O)c2ccc(OC)c(OC)c2)[C@H]1c1ccc(OCc2ccccc2)cc1. The number of carbonyl (C=O) groups excluding carboxylic acids is 2. The summed E-state index contributed by atoms with van der Waals surface area (Å²) in [6.45, 7) is 0.824. The fourth-order valence-electron chi connectivity index (χ4n) is 4.27. The molecule has 4 rings (SSSR count). The molecule has 0 radical (unpaired) electrons. The van der Waals surface area contributed by atoms with E-state index in [0.717, 1.165) is 5.56 Å². The monoisotopic (exact) mass is 503 g/mol. The minimum atomic E-state index is -0.800. The number of rotatable bonds is 10. The molecule has 192 valence electrons. The van der Waals surface area contributed by atoms with Gasteiger partial charge in [0, 0.05) is 19.2 Å². The van der Waals surface area contributed by atoms with E-state index < -0.39 is 17.7 Å². The number of likely N-dealkylation sites (tertiary alicyclic amines) is 1. The molecule has 1 atom stereocenters. The predicted octanol–water partition coefficient (Wildman–Crippen LogP) is 4.35. The van der Waals surface area contributed by atoms with Gasteiger partial charge in [0.2, 0.25) is 0 Å². The zero-order chi connectivity index (χ0) is 26.4. The smallest absolute Gasteiger partial charge is 0.295 e. The van der Waals surface area contributed by atoms with Crippen molar-refractivity contribution in [2.24, 2.45) is 0 Å². The lowest BCUT2D eigenvalue weighted by atomic mass is 9.95. The molecule has 0 aliphatic carbocycles. The van der Waals surface area contributed by atoms with E-state index in [-0.39, 0.29) is 24.5 Å². The van der Waals surface area contributed by atoms with Crippen LogP contribution in [0.5, 0.6) is 17.2 Å². The van der Waals surface area contributed by atoms with Gasteiger partial charge in [-0.1, -0.05) is 42.5 Å². The number of hydrogen-bond donors (Lipinski definition) is 1. The molecule has 0 aromatic heterocycles. The van der Waals surface area contributed by atoms with Crippen molar-refractivity contribution in [1.82, 2.24) is 4.90 Å². The average molecular weight is 504 g/mol. The third kappa shape index (κ3) is 5.44. The Labute approximate surface area is 215 Å². The highest BCUT2D eigenvalue weighted by atomic mass is 16.5. The summed E-state index contributed by atoms with van der Waals surface area (Å²) in [5.41, 5.74) is 2.01. The zero-order valence-electron chi connectivity index (χ0n) is 21.0. The minimum Gasteiger partial charge on any atom is -0.507 e. The van der Waals surface area contributed by atoms with Crippen LogP contribution in [0.1, 0.15) is 22.7 Å². The second-order valence-electron chi connectivity index (χ2n) is 8.40. The molecule has 3 aromatic carbocycles. The van der Waals surface area contributed by atoms with Crippen molar-refractivity contribution in [1.29, 1.82) is 0 Å². The minimum absolute atomic E-state index is 0.00808. The van der Waals surface area contributed by atoms with Crippen molar-refractivity contribution in [3.05, 3.63) is 95.1 Å². The Morgan fingerprint density at radius 2 is 1.59 bits per heavy atom. The summed E-state index contributed by atoms with van der Waals surface area (Å²) in [6.07, 6.45) is 0. The number of benzene rings is 3. The Kier molecular flexibility index (Phi) is 8.10. The maximum Gasteiger partial charge on any atom is 0.295 e. The summed E-state index contributed by atoms with van der Waals surface area (Å²) < 4.78 is 21.7. The first kappa shape index (κ1) is 25.8. The van der Waals surface area contributed by atoms with Crippen LogP contribution in [0.2, 0.25) is 0 Å². The fourth-order valence-corrected chi connectivity index (χ4v) is 4.27. The van der Waals surface area contributed by atoms with Gasteiger partial charge < -0.3 is 29.0 Å². The van der Waals surface area contributed by atoms with Crippen molar-refractivity contribution in [3.63, 3.8) is 0 Å². The maximum absolute atomic E-state index is 13.2. The van der Waals surface area contributed by atoms with E-state index in [0.29, 0.717) is 35.0 Å². The Morgan fingerprint density at radius 1 is 0.892 bits per heavy atom. The van der Waals surface area contributed by atoms with Gasteiger partial charge in [-0.3, -0.25) is 9.59 Å². The molecule has 1 aliphatic heterocycles. The largest absolute Gasteiger partial charge is 0.507 e. The van der Waals surface area contributed by atoms with Crippen molar-refractivity contribution in [3.8, 4) is 17.2 Å². The summed E-state index contributed by atoms with van der Waals surface area (Å²) in [6, 6.07) is 20.9.